The van der Waals surface area contributed by atoms with Gasteiger partial charge in [0.2, 0.25) is 5.95 Å². The molecule has 1 fully saturated rings. The largest absolute Gasteiger partial charge is 0.490 e. The van der Waals surface area contributed by atoms with Crippen LogP contribution in [0.15, 0.2) is 36.7 Å². The molecule has 2 aromatic rings. The summed E-state index contributed by atoms with van der Waals surface area (Å²) in [4.78, 5) is 25.5. The molecule has 1 aromatic heterocycles. The first-order valence-electron chi connectivity index (χ1n) is 12.3. The molecule has 1 amide bonds. The third-order valence-electron chi connectivity index (χ3n) is 5.91. The van der Waals surface area contributed by atoms with Gasteiger partial charge in [-0.05, 0) is 71.2 Å². The van der Waals surface area contributed by atoms with Crippen LogP contribution in [-0.2, 0) is 11.3 Å². The summed E-state index contributed by atoms with van der Waals surface area (Å²) in [7, 11) is 0. The normalized spacial score (nSPS) is 16.1. The molecule has 1 unspecified atom stereocenters. The van der Waals surface area contributed by atoms with E-state index in [2.05, 4.69) is 20.2 Å². The molecular weight excluding hydrogens is 430 g/mol. The van der Waals surface area contributed by atoms with E-state index >= 15 is 0 Å². The van der Waals surface area contributed by atoms with Crippen molar-refractivity contribution in [3.05, 3.63) is 42.2 Å². The molecular formula is C26H39N5O3. The highest BCUT2D eigenvalue weighted by Gasteiger charge is 2.22. The van der Waals surface area contributed by atoms with E-state index in [1.54, 1.807) is 12.4 Å². The fraction of sp³-hybridized carbons (Fsp3) is 0.577. The van der Waals surface area contributed by atoms with Crippen molar-refractivity contribution in [1.82, 2.24) is 20.2 Å². The second kappa shape index (κ2) is 12.6. The summed E-state index contributed by atoms with van der Waals surface area (Å²) in [6.45, 7) is 13.1. The van der Waals surface area contributed by atoms with Gasteiger partial charge in [0, 0.05) is 50.2 Å². The summed E-state index contributed by atoms with van der Waals surface area (Å²) in [5.74, 6) is 2.02. The van der Waals surface area contributed by atoms with Crippen LogP contribution in [0.25, 0.3) is 0 Å². The summed E-state index contributed by atoms with van der Waals surface area (Å²) >= 11 is 0. The van der Waals surface area contributed by atoms with Crippen molar-refractivity contribution in [3.8, 4) is 11.5 Å². The minimum Gasteiger partial charge on any atom is -0.490 e. The summed E-state index contributed by atoms with van der Waals surface area (Å²) in [5, 5.41) is 3.66. The summed E-state index contributed by atoms with van der Waals surface area (Å²) in [6, 6.07) is 8.38. The highest BCUT2D eigenvalue weighted by molar-refractivity contribution is 5.78. The SMILES string of the molecule is CCOc1cc(CNC2CCCN(c3ncccn3)C2)ccc1OCC(=O)N(C(C)C)C(C)C. The number of hydrogen-bond acceptors (Lipinski definition) is 7. The third kappa shape index (κ3) is 7.06. The number of carbonyl (C=O) groups excluding carboxylic acids is 1. The number of amides is 1. The number of aromatic nitrogens is 2. The fourth-order valence-electron chi connectivity index (χ4n) is 4.48. The summed E-state index contributed by atoms with van der Waals surface area (Å²) in [6.07, 6.45) is 5.79. The quantitative estimate of drug-likeness (QED) is 0.538. The fourth-order valence-corrected chi connectivity index (χ4v) is 4.48. The van der Waals surface area contributed by atoms with E-state index in [0.29, 0.717) is 24.1 Å². The van der Waals surface area contributed by atoms with Crippen LogP contribution in [0.4, 0.5) is 5.95 Å². The lowest BCUT2D eigenvalue weighted by atomic mass is 10.1. The number of nitrogens with zero attached hydrogens (tertiary/aromatic N) is 4. The maximum absolute atomic E-state index is 12.7. The Balaban J connectivity index is 1.58. The Morgan fingerprint density at radius 1 is 1.15 bits per heavy atom. The molecule has 0 aliphatic carbocycles. The Hall–Kier alpha value is -2.87. The topological polar surface area (TPSA) is 79.8 Å². The van der Waals surface area contributed by atoms with Crippen molar-refractivity contribution < 1.29 is 14.3 Å². The van der Waals surface area contributed by atoms with Crippen molar-refractivity contribution in [3.63, 3.8) is 0 Å². The van der Waals surface area contributed by atoms with Crippen LogP contribution in [0.3, 0.4) is 0 Å². The van der Waals surface area contributed by atoms with Gasteiger partial charge < -0.3 is 24.6 Å². The first-order valence-corrected chi connectivity index (χ1v) is 12.3. The molecule has 8 nitrogen and oxygen atoms in total. The molecule has 0 saturated carbocycles. The molecule has 1 N–H and O–H groups in total. The first-order chi connectivity index (χ1) is 16.4. The number of rotatable bonds is 11. The number of ether oxygens (including phenoxy) is 2. The third-order valence-corrected chi connectivity index (χ3v) is 5.91. The van der Waals surface area contributed by atoms with Crippen LogP contribution in [0.5, 0.6) is 11.5 Å². The van der Waals surface area contributed by atoms with E-state index in [1.165, 1.54) is 0 Å². The molecule has 8 heteroatoms. The lowest BCUT2D eigenvalue weighted by Crippen LogP contribution is -2.46. The van der Waals surface area contributed by atoms with Crippen molar-refractivity contribution >= 4 is 11.9 Å². The standard InChI is InChI=1S/C26H39N5O3/c1-6-33-24-15-21(10-11-23(24)34-18-25(32)31(19(2)3)20(4)5)16-29-22-9-7-14-30(17-22)26-27-12-8-13-28-26/h8,10-13,15,19-20,22,29H,6-7,9,14,16-18H2,1-5H3. The average molecular weight is 470 g/mol. The summed E-state index contributed by atoms with van der Waals surface area (Å²) < 4.78 is 11.7. The van der Waals surface area contributed by atoms with Gasteiger partial charge in [0.25, 0.3) is 5.91 Å². The van der Waals surface area contributed by atoms with Crippen molar-refractivity contribution in [1.29, 1.82) is 0 Å². The monoisotopic (exact) mass is 469 g/mol. The zero-order valence-corrected chi connectivity index (χ0v) is 21.2. The average Bonchev–Trinajstić information content (AvgIpc) is 2.82. The molecule has 1 atom stereocenters. The highest BCUT2D eigenvalue weighted by atomic mass is 16.5. The van der Waals surface area contributed by atoms with Gasteiger partial charge >= 0.3 is 0 Å². The van der Waals surface area contributed by atoms with E-state index in [1.807, 2.05) is 63.8 Å². The van der Waals surface area contributed by atoms with E-state index in [9.17, 15) is 4.79 Å². The maximum atomic E-state index is 12.7. The minimum absolute atomic E-state index is 0.00645. The molecule has 1 aliphatic rings. The predicted molar refractivity (Wildman–Crippen MR) is 134 cm³/mol. The lowest BCUT2D eigenvalue weighted by molar-refractivity contribution is -0.137. The molecule has 0 radical (unpaired) electrons. The van der Waals surface area contributed by atoms with Crippen LogP contribution >= 0.6 is 0 Å². The van der Waals surface area contributed by atoms with Gasteiger partial charge in [-0.15, -0.1) is 0 Å². The molecule has 3 rings (SSSR count). The smallest absolute Gasteiger partial charge is 0.260 e. The Morgan fingerprint density at radius 2 is 1.88 bits per heavy atom. The molecule has 0 bridgehead atoms. The minimum atomic E-state index is -0.0255. The molecule has 186 valence electrons. The van der Waals surface area contributed by atoms with Crippen LogP contribution < -0.4 is 19.7 Å². The number of anilines is 1. The van der Waals surface area contributed by atoms with Gasteiger partial charge in [0.05, 0.1) is 6.61 Å². The lowest BCUT2D eigenvalue weighted by Gasteiger charge is -2.33. The molecule has 1 aromatic carbocycles. The Bertz CT molecular complexity index is 899. The molecule has 1 aliphatic heterocycles. The zero-order chi connectivity index (χ0) is 24.5. The van der Waals surface area contributed by atoms with Gasteiger partial charge in [-0.3, -0.25) is 4.79 Å². The Labute approximate surface area is 203 Å². The van der Waals surface area contributed by atoms with Crippen LogP contribution in [0.2, 0.25) is 0 Å². The molecule has 34 heavy (non-hydrogen) atoms. The number of piperidine rings is 1. The van der Waals surface area contributed by atoms with E-state index in [0.717, 1.165) is 44.0 Å². The van der Waals surface area contributed by atoms with E-state index < -0.39 is 0 Å². The Morgan fingerprint density at radius 3 is 2.56 bits per heavy atom. The highest BCUT2D eigenvalue weighted by Crippen LogP contribution is 2.29. The number of hydrogen-bond donors (Lipinski definition) is 1. The second-order valence-electron chi connectivity index (χ2n) is 9.21. The van der Waals surface area contributed by atoms with E-state index in [-0.39, 0.29) is 24.6 Å². The van der Waals surface area contributed by atoms with Crippen LogP contribution in [-0.4, -0.2) is 65.2 Å². The van der Waals surface area contributed by atoms with Crippen LogP contribution in [0.1, 0.15) is 53.0 Å². The van der Waals surface area contributed by atoms with Gasteiger partial charge in [-0.1, -0.05) is 6.07 Å². The van der Waals surface area contributed by atoms with Crippen molar-refractivity contribution in [2.45, 2.75) is 72.1 Å². The van der Waals surface area contributed by atoms with Crippen molar-refractivity contribution in [2.75, 3.05) is 31.2 Å². The molecule has 2 heterocycles. The zero-order valence-electron chi connectivity index (χ0n) is 21.2. The van der Waals surface area contributed by atoms with Gasteiger partial charge in [0.15, 0.2) is 18.1 Å². The predicted octanol–water partition coefficient (Wildman–Crippen LogP) is 3.66. The second-order valence-corrected chi connectivity index (χ2v) is 9.21. The van der Waals surface area contributed by atoms with Gasteiger partial charge in [0.1, 0.15) is 0 Å². The molecule has 1 saturated heterocycles. The van der Waals surface area contributed by atoms with Crippen LogP contribution in [0, 0.1) is 0 Å². The van der Waals surface area contributed by atoms with Gasteiger partial charge in [-0.25, -0.2) is 9.97 Å². The van der Waals surface area contributed by atoms with Gasteiger partial charge in [-0.2, -0.15) is 0 Å². The number of nitrogens with one attached hydrogen (secondary N) is 1. The number of benzene rings is 1. The number of carbonyl (C=O) groups is 1. The molecule has 0 spiro atoms. The first kappa shape index (κ1) is 25.7. The Kier molecular flexibility index (Phi) is 9.51. The van der Waals surface area contributed by atoms with E-state index in [4.69, 9.17) is 9.47 Å². The maximum Gasteiger partial charge on any atom is 0.260 e. The summed E-state index contributed by atoms with van der Waals surface area (Å²) in [5.41, 5.74) is 1.11. The van der Waals surface area contributed by atoms with Crippen molar-refractivity contribution in [2.24, 2.45) is 0 Å².